The monoisotopic (exact) mass is 392 g/mol. The number of rotatable bonds is 6. The van der Waals surface area contributed by atoms with E-state index in [1.54, 1.807) is 23.3 Å². The fourth-order valence-corrected chi connectivity index (χ4v) is 3.86. The summed E-state index contributed by atoms with van der Waals surface area (Å²) < 4.78 is 3.63. The summed E-state index contributed by atoms with van der Waals surface area (Å²) >= 11 is 7.32. The number of hydrogen-bond acceptors (Lipinski definition) is 5. The molecule has 1 unspecified atom stereocenters. The summed E-state index contributed by atoms with van der Waals surface area (Å²) in [6.07, 6.45) is 5.07. The molecule has 3 heterocycles. The van der Waals surface area contributed by atoms with Crippen LogP contribution < -0.4 is 5.32 Å². The minimum atomic E-state index is -0.153. The Bertz CT molecular complexity index is 928. The SMILES string of the molecule is CCn1ncc(NC(=O)c2sc(C(C)Cn3cc(Cl)cn3)nc2C)c1C. The van der Waals surface area contributed by atoms with E-state index in [9.17, 15) is 4.79 Å². The number of halogens is 1. The third kappa shape index (κ3) is 3.81. The van der Waals surface area contributed by atoms with Crippen LogP contribution in [0.1, 0.15) is 45.8 Å². The fraction of sp³-hybridized carbons (Fsp3) is 0.412. The molecule has 0 aliphatic rings. The van der Waals surface area contributed by atoms with E-state index in [1.165, 1.54) is 11.3 Å². The lowest BCUT2D eigenvalue weighted by molar-refractivity contribution is 0.102. The van der Waals surface area contributed by atoms with Crippen LogP contribution in [0.2, 0.25) is 5.02 Å². The Morgan fingerprint density at radius 1 is 1.35 bits per heavy atom. The number of carbonyl (C=O) groups is 1. The molecule has 3 aromatic heterocycles. The third-order valence-corrected chi connectivity index (χ3v) is 5.74. The van der Waals surface area contributed by atoms with Gasteiger partial charge < -0.3 is 5.32 Å². The van der Waals surface area contributed by atoms with Crippen LogP contribution in [0.25, 0.3) is 0 Å². The number of hydrogen-bond donors (Lipinski definition) is 1. The highest BCUT2D eigenvalue weighted by Crippen LogP contribution is 2.27. The molecule has 0 saturated carbocycles. The van der Waals surface area contributed by atoms with Crippen LogP contribution >= 0.6 is 22.9 Å². The Morgan fingerprint density at radius 3 is 2.73 bits per heavy atom. The maximum atomic E-state index is 12.7. The highest BCUT2D eigenvalue weighted by Gasteiger charge is 2.20. The molecule has 0 radical (unpaired) electrons. The molecule has 0 aliphatic heterocycles. The summed E-state index contributed by atoms with van der Waals surface area (Å²) in [6.45, 7) is 9.29. The number of nitrogens with one attached hydrogen (secondary N) is 1. The van der Waals surface area contributed by atoms with E-state index in [2.05, 4.69) is 27.4 Å². The van der Waals surface area contributed by atoms with E-state index >= 15 is 0 Å². The van der Waals surface area contributed by atoms with Gasteiger partial charge in [0, 0.05) is 25.2 Å². The third-order valence-electron chi connectivity index (χ3n) is 4.15. The van der Waals surface area contributed by atoms with E-state index < -0.39 is 0 Å². The lowest BCUT2D eigenvalue weighted by Crippen LogP contribution is -2.12. The Morgan fingerprint density at radius 2 is 2.12 bits per heavy atom. The van der Waals surface area contributed by atoms with Crippen molar-refractivity contribution in [2.24, 2.45) is 0 Å². The van der Waals surface area contributed by atoms with E-state index in [-0.39, 0.29) is 11.8 Å². The zero-order valence-corrected chi connectivity index (χ0v) is 16.7. The van der Waals surface area contributed by atoms with Crippen molar-refractivity contribution in [1.29, 1.82) is 0 Å². The number of aryl methyl sites for hydroxylation is 2. The Balaban J connectivity index is 1.74. The Hall–Kier alpha value is -2.19. The van der Waals surface area contributed by atoms with E-state index in [0.29, 0.717) is 16.4 Å². The molecule has 0 spiro atoms. The number of nitrogens with zero attached hydrogens (tertiary/aromatic N) is 5. The molecule has 9 heteroatoms. The summed E-state index contributed by atoms with van der Waals surface area (Å²) in [6, 6.07) is 0. The zero-order chi connectivity index (χ0) is 18.8. The van der Waals surface area contributed by atoms with Crippen molar-refractivity contribution in [3.05, 3.63) is 44.9 Å². The van der Waals surface area contributed by atoms with Crippen LogP contribution in [0.4, 0.5) is 5.69 Å². The molecular formula is C17H21ClN6OS. The van der Waals surface area contributed by atoms with Gasteiger partial charge in [0.1, 0.15) is 4.88 Å². The van der Waals surface area contributed by atoms with E-state index in [1.807, 2.05) is 25.5 Å². The van der Waals surface area contributed by atoms with Crippen LogP contribution in [-0.4, -0.2) is 30.5 Å². The van der Waals surface area contributed by atoms with Crippen molar-refractivity contribution in [2.45, 2.75) is 46.7 Å². The van der Waals surface area contributed by atoms with Gasteiger partial charge in [0.2, 0.25) is 0 Å². The summed E-state index contributed by atoms with van der Waals surface area (Å²) in [5.74, 6) is -0.0277. The van der Waals surface area contributed by atoms with Crippen LogP contribution in [0.5, 0.6) is 0 Å². The molecule has 138 valence electrons. The predicted molar refractivity (Wildman–Crippen MR) is 103 cm³/mol. The van der Waals surface area contributed by atoms with Gasteiger partial charge in [-0.25, -0.2) is 4.98 Å². The summed E-state index contributed by atoms with van der Waals surface area (Å²) in [5.41, 5.74) is 2.39. The first kappa shape index (κ1) is 18.6. The van der Waals surface area contributed by atoms with Crippen LogP contribution in [-0.2, 0) is 13.1 Å². The molecule has 1 N–H and O–H groups in total. The molecule has 7 nitrogen and oxygen atoms in total. The molecule has 3 rings (SSSR count). The van der Waals surface area contributed by atoms with Crippen molar-refractivity contribution in [1.82, 2.24) is 24.5 Å². The molecule has 0 fully saturated rings. The van der Waals surface area contributed by atoms with Gasteiger partial charge in [0.05, 0.1) is 39.5 Å². The molecule has 0 saturated heterocycles. The number of carbonyl (C=O) groups excluding carboxylic acids is 1. The first-order valence-corrected chi connectivity index (χ1v) is 9.57. The lowest BCUT2D eigenvalue weighted by Gasteiger charge is -2.07. The van der Waals surface area contributed by atoms with Crippen molar-refractivity contribution >= 4 is 34.5 Å². The number of anilines is 1. The average Bonchev–Trinajstić information content (AvgIpc) is 3.28. The number of amides is 1. The molecule has 3 aromatic rings. The molecule has 0 bridgehead atoms. The lowest BCUT2D eigenvalue weighted by atomic mass is 10.2. The van der Waals surface area contributed by atoms with E-state index in [4.69, 9.17) is 11.6 Å². The predicted octanol–water partition coefficient (Wildman–Crippen LogP) is 3.88. The minimum Gasteiger partial charge on any atom is -0.318 e. The smallest absolute Gasteiger partial charge is 0.267 e. The largest absolute Gasteiger partial charge is 0.318 e. The molecule has 1 amide bonds. The van der Waals surface area contributed by atoms with E-state index in [0.717, 1.165) is 28.6 Å². The van der Waals surface area contributed by atoms with Gasteiger partial charge in [0.15, 0.2) is 0 Å². The second kappa shape index (κ2) is 7.59. The molecule has 1 atom stereocenters. The summed E-state index contributed by atoms with van der Waals surface area (Å²) in [7, 11) is 0. The van der Waals surface area contributed by atoms with Crippen molar-refractivity contribution in [3.63, 3.8) is 0 Å². The van der Waals surface area contributed by atoms with Crippen LogP contribution in [0.15, 0.2) is 18.6 Å². The maximum Gasteiger partial charge on any atom is 0.267 e. The molecule has 0 aromatic carbocycles. The second-order valence-electron chi connectivity index (χ2n) is 6.16. The summed E-state index contributed by atoms with van der Waals surface area (Å²) in [4.78, 5) is 17.9. The van der Waals surface area contributed by atoms with Crippen LogP contribution in [0, 0.1) is 13.8 Å². The number of aromatic nitrogens is 5. The first-order chi connectivity index (χ1) is 12.4. The second-order valence-corrected chi connectivity index (χ2v) is 7.63. The highest BCUT2D eigenvalue weighted by molar-refractivity contribution is 7.14. The van der Waals surface area contributed by atoms with Gasteiger partial charge in [0.25, 0.3) is 5.91 Å². The highest BCUT2D eigenvalue weighted by atomic mass is 35.5. The van der Waals surface area contributed by atoms with Crippen molar-refractivity contribution in [3.8, 4) is 0 Å². The summed E-state index contributed by atoms with van der Waals surface area (Å²) in [5, 5.41) is 12.9. The molecular weight excluding hydrogens is 372 g/mol. The quantitative estimate of drug-likeness (QED) is 0.690. The first-order valence-electron chi connectivity index (χ1n) is 8.38. The normalized spacial score (nSPS) is 12.3. The van der Waals surface area contributed by atoms with Crippen molar-refractivity contribution < 1.29 is 4.79 Å². The Kier molecular flexibility index (Phi) is 5.43. The minimum absolute atomic E-state index is 0.126. The average molecular weight is 393 g/mol. The van der Waals surface area contributed by atoms with Gasteiger partial charge >= 0.3 is 0 Å². The van der Waals surface area contributed by atoms with Gasteiger partial charge in [-0.3, -0.25) is 14.2 Å². The van der Waals surface area contributed by atoms with Crippen LogP contribution in [0.3, 0.4) is 0 Å². The standard InChI is InChI=1S/C17H21ClN6OS/c1-5-24-12(4)14(7-20-24)22-16(25)15-11(3)21-17(26-15)10(2)8-23-9-13(18)6-19-23/h6-7,9-10H,5,8H2,1-4H3,(H,22,25). The van der Waals surface area contributed by atoms with Crippen molar-refractivity contribution in [2.75, 3.05) is 5.32 Å². The topological polar surface area (TPSA) is 77.6 Å². The fourth-order valence-electron chi connectivity index (χ4n) is 2.70. The molecule has 0 aliphatic carbocycles. The zero-order valence-electron chi connectivity index (χ0n) is 15.2. The van der Waals surface area contributed by atoms with Gasteiger partial charge in [-0.1, -0.05) is 18.5 Å². The number of thiazole rings is 1. The Labute approximate surface area is 161 Å². The van der Waals surface area contributed by atoms with Gasteiger partial charge in [-0.15, -0.1) is 11.3 Å². The van der Waals surface area contributed by atoms with Gasteiger partial charge in [-0.05, 0) is 20.8 Å². The van der Waals surface area contributed by atoms with Gasteiger partial charge in [-0.2, -0.15) is 10.2 Å². The molecule has 26 heavy (non-hydrogen) atoms. The maximum absolute atomic E-state index is 12.7.